The highest BCUT2D eigenvalue weighted by atomic mass is 19.1. The molecule has 0 spiro atoms. The Labute approximate surface area is 170 Å². The summed E-state index contributed by atoms with van der Waals surface area (Å²) in [5.74, 6) is 1.97. The summed E-state index contributed by atoms with van der Waals surface area (Å²) in [6.45, 7) is 1.87. The summed E-state index contributed by atoms with van der Waals surface area (Å²) in [7, 11) is 0. The first-order valence-corrected chi connectivity index (χ1v) is 9.80. The number of nitrogens with zero attached hydrogens (tertiary/aromatic N) is 6. The number of anilines is 1. The van der Waals surface area contributed by atoms with E-state index in [1.165, 1.54) is 17.0 Å². The minimum absolute atomic E-state index is 0.168. The zero-order valence-electron chi connectivity index (χ0n) is 15.8. The second-order valence-corrected chi connectivity index (χ2v) is 7.84. The molecule has 1 aliphatic carbocycles. The molecule has 6 rings (SSSR count). The lowest BCUT2D eigenvalue weighted by molar-refractivity contribution is 0.363. The van der Waals surface area contributed by atoms with Crippen molar-refractivity contribution in [3.63, 3.8) is 0 Å². The number of benzene rings is 1. The third-order valence-electron chi connectivity index (χ3n) is 6.05. The molecule has 0 N–H and O–H groups in total. The van der Waals surface area contributed by atoms with Crippen molar-refractivity contribution in [1.29, 1.82) is 0 Å². The van der Waals surface area contributed by atoms with Gasteiger partial charge in [0.1, 0.15) is 18.7 Å². The fourth-order valence-corrected chi connectivity index (χ4v) is 4.52. The van der Waals surface area contributed by atoms with Crippen LogP contribution in [0, 0.1) is 17.7 Å². The van der Waals surface area contributed by atoms with E-state index in [-0.39, 0.29) is 23.8 Å². The maximum atomic E-state index is 13.5. The lowest BCUT2D eigenvalue weighted by atomic mass is 10.2. The van der Waals surface area contributed by atoms with Crippen LogP contribution in [0.25, 0.3) is 11.0 Å². The van der Waals surface area contributed by atoms with Crippen molar-refractivity contribution in [3.05, 3.63) is 76.8 Å². The molecular formula is C21H17FN6O2. The average Bonchev–Trinajstić information content (AvgIpc) is 3.10. The van der Waals surface area contributed by atoms with Gasteiger partial charge in [-0.2, -0.15) is 4.98 Å². The molecule has 1 saturated heterocycles. The average molecular weight is 404 g/mol. The van der Waals surface area contributed by atoms with Gasteiger partial charge in [-0.05, 0) is 42.2 Å². The number of halogens is 1. The van der Waals surface area contributed by atoms with Crippen LogP contribution in [0.2, 0.25) is 0 Å². The molecule has 3 atom stereocenters. The van der Waals surface area contributed by atoms with Gasteiger partial charge in [-0.15, -0.1) is 0 Å². The summed E-state index contributed by atoms with van der Waals surface area (Å²) in [5, 5.41) is 4.60. The predicted octanol–water partition coefficient (Wildman–Crippen LogP) is 2.21. The highest BCUT2D eigenvalue weighted by Crippen LogP contribution is 2.57. The van der Waals surface area contributed by atoms with Gasteiger partial charge < -0.3 is 9.42 Å². The maximum absolute atomic E-state index is 13.5. The summed E-state index contributed by atoms with van der Waals surface area (Å²) in [6, 6.07) is 10.1. The van der Waals surface area contributed by atoms with Gasteiger partial charge in [0.05, 0.1) is 5.39 Å². The van der Waals surface area contributed by atoms with Crippen molar-refractivity contribution >= 4 is 16.7 Å². The van der Waals surface area contributed by atoms with Gasteiger partial charge >= 0.3 is 0 Å². The number of rotatable bonds is 4. The summed E-state index contributed by atoms with van der Waals surface area (Å²) >= 11 is 0. The molecular weight excluding hydrogens is 387 g/mol. The largest absolute Gasteiger partial charge is 0.371 e. The second kappa shape index (κ2) is 6.45. The highest BCUT2D eigenvalue weighted by molar-refractivity contribution is 5.72. The maximum Gasteiger partial charge on any atom is 0.263 e. The zero-order chi connectivity index (χ0) is 20.2. The molecule has 0 amide bonds. The summed E-state index contributed by atoms with van der Waals surface area (Å²) in [5.41, 5.74) is 1.13. The number of aromatic nitrogens is 5. The monoisotopic (exact) mass is 404 g/mol. The molecule has 1 saturated carbocycles. The first-order chi connectivity index (χ1) is 14.7. The van der Waals surface area contributed by atoms with Crippen molar-refractivity contribution in [2.24, 2.45) is 11.8 Å². The third-order valence-corrected chi connectivity index (χ3v) is 6.05. The van der Waals surface area contributed by atoms with Crippen molar-refractivity contribution in [1.82, 2.24) is 24.7 Å². The Morgan fingerprint density at radius 3 is 2.83 bits per heavy atom. The van der Waals surface area contributed by atoms with Crippen LogP contribution in [0.15, 0.2) is 58.2 Å². The minimum atomic E-state index is -0.221. The van der Waals surface area contributed by atoms with Crippen LogP contribution < -0.4 is 10.5 Å². The van der Waals surface area contributed by atoms with Crippen LogP contribution in [-0.2, 0) is 6.54 Å². The van der Waals surface area contributed by atoms with Gasteiger partial charge in [-0.1, -0.05) is 11.2 Å². The molecule has 150 valence electrons. The molecule has 8 nitrogen and oxygen atoms in total. The molecule has 4 heterocycles. The van der Waals surface area contributed by atoms with Crippen molar-refractivity contribution in [2.75, 3.05) is 18.0 Å². The number of fused-ring (bicyclic) bond motifs is 2. The topological polar surface area (TPSA) is 89.9 Å². The Hall–Kier alpha value is -3.62. The molecule has 2 aliphatic rings. The van der Waals surface area contributed by atoms with Crippen LogP contribution >= 0.6 is 0 Å². The van der Waals surface area contributed by atoms with Gasteiger partial charge in [-0.25, -0.2) is 14.4 Å². The summed E-state index contributed by atoms with van der Waals surface area (Å²) < 4.78 is 20.3. The number of hydrogen-bond acceptors (Lipinski definition) is 7. The van der Waals surface area contributed by atoms with Crippen LogP contribution in [0.5, 0.6) is 0 Å². The van der Waals surface area contributed by atoms with E-state index in [0.29, 0.717) is 34.6 Å². The highest BCUT2D eigenvalue weighted by Gasteiger charge is 2.58. The Kier molecular flexibility index (Phi) is 3.71. The predicted molar refractivity (Wildman–Crippen MR) is 106 cm³/mol. The Balaban J connectivity index is 1.16. The van der Waals surface area contributed by atoms with Crippen LogP contribution in [0.1, 0.15) is 17.6 Å². The van der Waals surface area contributed by atoms with E-state index >= 15 is 0 Å². The minimum Gasteiger partial charge on any atom is -0.371 e. The molecule has 0 bridgehead atoms. The fraction of sp³-hybridized carbons (Fsp3) is 0.286. The van der Waals surface area contributed by atoms with Crippen LogP contribution in [-0.4, -0.2) is 37.8 Å². The Morgan fingerprint density at radius 1 is 1.13 bits per heavy atom. The van der Waals surface area contributed by atoms with Crippen LogP contribution in [0.3, 0.4) is 0 Å². The second-order valence-electron chi connectivity index (χ2n) is 7.84. The van der Waals surface area contributed by atoms with E-state index in [1.54, 1.807) is 30.5 Å². The number of pyridine rings is 1. The molecule has 1 aromatic carbocycles. The standard InChI is InChI=1S/C21H17FN6O2/c22-12-3-1-4-13(7-12)27-8-15-16(9-27)18(15)20-25-17(30-26-20)10-28-11-24-19-14(21(28)29)5-2-6-23-19/h1-7,11,15-16,18H,8-10H2/t15-,16+,18?. The Morgan fingerprint density at radius 2 is 2.00 bits per heavy atom. The smallest absolute Gasteiger partial charge is 0.263 e. The third kappa shape index (κ3) is 2.77. The molecule has 9 heteroatoms. The van der Waals surface area contributed by atoms with Crippen LogP contribution in [0.4, 0.5) is 10.1 Å². The molecule has 4 aromatic rings. The number of piperidine rings is 1. The van der Waals surface area contributed by atoms with Gasteiger partial charge in [0, 0.05) is 30.9 Å². The van der Waals surface area contributed by atoms with Crippen molar-refractivity contribution < 1.29 is 8.91 Å². The molecule has 1 unspecified atom stereocenters. The molecule has 3 aromatic heterocycles. The van der Waals surface area contributed by atoms with E-state index in [2.05, 4.69) is 25.0 Å². The van der Waals surface area contributed by atoms with Crippen molar-refractivity contribution in [3.8, 4) is 0 Å². The van der Waals surface area contributed by atoms with E-state index < -0.39 is 0 Å². The molecule has 30 heavy (non-hydrogen) atoms. The first-order valence-electron chi connectivity index (χ1n) is 9.80. The van der Waals surface area contributed by atoms with E-state index in [1.807, 2.05) is 6.07 Å². The van der Waals surface area contributed by atoms with Gasteiger partial charge in [0.2, 0.25) is 5.89 Å². The van der Waals surface area contributed by atoms with E-state index in [9.17, 15) is 9.18 Å². The van der Waals surface area contributed by atoms with Crippen molar-refractivity contribution in [2.45, 2.75) is 12.5 Å². The fourth-order valence-electron chi connectivity index (χ4n) is 4.52. The quantitative estimate of drug-likeness (QED) is 0.515. The normalized spacial score (nSPS) is 22.4. The van der Waals surface area contributed by atoms with E-state index in [0.717, 1.165) is 18.8 Å². The SMILES string of the molecule is O=c1c2cccnc2ncn1Cc1nc(C2[C@H]3CN(c4cccc(F)c4)C[C@@H]23)no1. The molecule has 0 radical (unpaired) electrons. The zero-order valence-corrected chi connectivity index (χ0v) is 15.8. The van der Waals surface area contributed by atoms with E-state index in [4.69, 9.17) is 4.52 Å². The lowest BCUT2D eigenvalue weighted by Gasteiger charge is -2.21. The number of hydrogen-bond donors (Lipinski definition) is 0. The van der Waals surface area contributed by atoms with Gasteiger partial charge in [0.25, 0.3) is 5.56 Å². The summed E-state index contributed by atoms with van der Waals surface area (Å²) in [4.78, 5) is 27.6. The molecule has 2 fully saturated rings. The Bertz CT molecular complexity index is 1310. The van der Waals surface area contributed by atoms with Gasteiger partial charge in [0.15, 0.2) is 11.5 Å². The summed E-state index contributed by atoms with van der Waals surface area (Å²) in [6.07, 6.45) is 3.05. The lowest BCUT2D eigenvalue weighted by Crippen LogP contribution is -2.23. The van der Waals surface area contributed by atoms with Gasteiger partial charge in [-0.3, -0.25) is 9.36 Å². The molecule has 1 aliphatic heterocycles. The first kappa shape index (κ1) is 17.3.